The minimum Gasteiger partial charge on any atom is -0.471 e. The zero-order chi connectivity index (χ0) is 99.4. The van der Waals surface area contributed by atoms with Gasteiger partial charge in [-0.1, -0.05) is 42.5 Å². The summed E-state index contributed by atoms with van der Waals surface area (Å²) in [7, 11) is 15.5. The van der Waals surface area contributed by atoms with Crippen molar-refractivity contribution in [3.05, 3.63) is 260 Å². The Morgan fingerprint density at radius 2 is 0.653 bits per heavy atom. The Kier molecular flexibility index (Phi) is 47.5. The van der Waals surface area contributed by atoms with Crippen molar-refractivity contribution in [3.8, 4) is 35.3 Å². The summed E-state index contributed by atoms with van der Waals surface area (Å²) < 4.78 is 65.1. The Labute approximate surface area is 870 Å². The van der Waals surface area contributed by atoms with Crippen LogP contribution < -0.4 is 83.0 Å². The lowest BCUT2D eigenvalue weighted by Crippen LogP contribution is -2.56. The Morgan fingerprint density at radius 1 is 0.361 bits per heavy atom. The molecule has 0 unspecified atom stereocenters. The first-order valence-electron chi connectivity index (χ1n) is 48.6. The van der Waals surface area contributed by atoms with Gasteiger partial charge in [0.05, 0.1) is 159 Å². The van der Waals surface area contributed by atoms with Crippen molar-refractivity contribution in [3.63, 3.8) is 0 Å². The van der Waals surface area contributed by atoms with Gasteiger partial charge in [-0.05, 0) is 132 Å². The first-order chi connectivity index (χ1) is 67.4. The Hall–Kier alpha value is -13.9. The highest BCUT2D eigenvalue weighted by Gasteiger charge is 2.32. The topological polar surface area (TPSA) is 438 Å². The third kappa shape index (κ3) is 33.1. The van der Waals surface area contributed by atoms with Crippen LogP contribution >= 0.6 is 0 Å². The van der Waals surface area contributed by atoms with E-state index in [4.69, 9.17) is 83.5 Å². The number of aryl methyl sites for hydroxylation is 1. The maximum absolute atomic E-state index is 8.89. The van der Waals surface area contributed by atoms with E-state index >= 15 is 0 Å². The highest BCUT2D eigenvalue weighted by atomic mass is 16.5. The number of hydrogen-bond donors (Lipinski definition) is 10. The van der Waals surface area contributed by atoms with Crippen LogP contribution in [0.5, 0.6) is 35.3 Å². The predicted molar refractivity (Wildman–Crippen MR) is 592 cm³/mol. The highest BCUT2D eigenvalue weighted by molar-refractivity contribution is 5.81. The molecule has 19 rings (SSSR count). The minimum absolute atomic E-state index is 0. The molecule has 0 bridgehead atoms. The van der Waals surface area contributed by atoms with E-state index in [1.165, 1.54) is 58.3 Å². The lowest BCUT2D eigenvalue weighted by Gasteiger charge is -2.42. The molecule has 147 heavy (non-hydrogen) atoms. The number of nitrogens with one attached hydrogen (secondary N) is 1. The number of aromatic nitrogens is 18. The number of nitrogens with zero attached hydrogens (tertiary/aromatic N) is 23. The van der Waals surface area contributed by atoms with Gasteiger partial charge in [0.2, 0.25) is 12.7 Å². The van der Waals surface area contributed by atoms with Gasteiger partial charge in [-0.3, -0.25) is 0 Å². The number of morpholine rings is 1. The smallest absolute Gasteiger partial charge is 0.257 e. The Balaban J connectivity index is 0.000000260. The van der Waals surface area contributed by atoms with Crippen molar-refractivity contribution in [2.24, 2.45) is 0 Å². The molecule has 19 heterocycles. The van der Waals surface area contributed by atoms with Gasteiger partial charge in [0.25, 0.3) is 35.3 Å². The van der Waals surface area contributed by atoms with E-state index in [0.717, 1.165) is 145 Å². The molecule has 0 aromatic carbocycles. The van der Waals surface area contributed by atoms with Gasteiger partial charge in [0.1, 0.15) is 170 Å². The predicted octanol–water partition coefficient (Wildman–Crippen LogP) is 11.5. The maximum Gasteiger partial charge on any atom is 0.257 e. The van der Waals surface area contributed by atoms with E-state index in [2.05, 4.69) is 123 Å². The number of piperidine rings is 1. The normalized spacial score (nSPS) is 13.7. The number of pyridine rings is 7. The molecule has 0 spiro atoms. The molecule has 0 saturated carbocycles. The SMILES string of the molecule is CC(C)[N+](C)(CCOc1nn2ccccc2c1N)C(C)C.C[N+](C)(C)CCOc1nn2ccccc2c1N.C[N+]1(CCOc2nn3ccccc3c2N)CCCC1.C[N+]1(CCOc2nn3ccccc3c2N)CCCCC1.C[N+]1(CCOc2nn3ccccc3c2N)CCOCC1.Nc1c(NCCC[n+]2ccn(CCO)c2)nn2ccccc12.Nc1c(OCCn2cc[n+](CCO)c2)nn2ccccc12.[CH3-].[CH3-].[CH3-].[CH3-].[CH3-].[CH3-].[CH3-]. The molecule has 0 radical (unpaired) electrons. The first kappa shape index (κ1) is 122. The summed E-state index contributed by atoms with van der Waals surface area (Å²) in [5.74, 6) is 3.86. The summed E-state index contributed by atoms with van der Waals surface area (Å²) in [4.78, 5) is 0. The number of aliphatic hydroxyl groups is 2. The molecule has 40 nitrogen and oxygen atoms in total. The van der Waals surface area contributed by atoms with Crippen LogP contribution in [0.4, 0.5) is 45.6 Å². The van der Waals surface area contributed by atoms with Crippen LogP contribution in [0.2, 0.25) is 0 Å². The summed E-state index contributed by atoms with van der Waals surface area (Å²) in [5, 5.41) is 51.6. The molecule has 16 aromatic rings. The molecule has 3 fully saturated rings. The number of quaternary nitrogens is 5. The molecule has 0 aliphatic carbocycles. The molecule has 3 aliphatic rings. The summed E-state index contributed by atoms with van der Waals surface area (Å²) in [6.07, 6.45) is 32.5. The van der Waals surface area contributed by atoms with Crippen LogP contribution in [0.15, 0.2) is 208 Å². The van der Waals surface area contributed by atoms with E-state index in [9.17, 15) is 0 Å². The van der Waals surface area contributed by atoms with Crippen molar-refractivity contribution in [2.75, 3.05) is 239 Å². The first-order valence-corrected chi connectivity index (χ1v) is 48.6. The minimum atomic E-state index is 0. The second-order valence-electron chi connectivity index (χ2n) is 38.4. The van der Waals surface area contributed by atoms with E-state index < -0.39 is 0 Å². The van der Waals surface area contributed by atoms with Gasteiger partial charge in [-0.25, -0.2) is 49.9 Å². The summed E-state index contributed by atoms with van der Waals surface area (Å²) >= 11 is 0. The lowest BCUT2D eigenvalue weighted by molar-refractivity contribution is -0.949. The second kappa shape index (κ2) is 57.3. The number of rotatable bonds is 35. The molecular formula is C107H171N31O9. The Morgan fingerprint density at radius 3 is 0.966 bits per heavy atom. The molecule has 16 aromatic heterocycles. The number of aliphatic hydroxyl groups excluding tert-OH is 2. The van der Waals surface area contributed by atoms with Crippen LogP contribution in [0.3, 0.4) is 0 Å². The number of fused-ring (bicyclic) bond motifs is 7. The molecular weight excluding hydrogens is 1860 g/mol. The average molecular weight is 2040 g/mol. The van der Waals surface area contributed by atoms with Crippen molar-refractivity contribution in [1.82, 2.24) is 76.4 Å². The van der Waals surface area contributed by atoms with Gasteiger partial charge in [0, 0.05) is 69.2 Å². The summed E-state index contributed by atoms with van der Waals surface area (Å²) in [6.45, 7) is 30.1. The van der Waals surface area contributed by atoms with Gasteiger partial charge >= 0.3 is 0 Å². The van der Waals surface area contributed by atoms with Crippen molar-refractivity contribution in [1.29, 1.82) is 0 Å². The number of hydrogen-bond acceptors (Lipinski definition) is 24. The average Bonchev–Trinajstić information content (AvgIpc) is 1.73. The van der Waals surface area contributed by atoms with E-state index in [-0.39, 0.29) is 65.2 Å². The van der Waals surface area contributed by atoms with Gasteiger partial charge in [-0.15, -0.1) is 35.7 Å². The van der Waals surface area contributed by atoms with Crippen LogP contribution in [0.1, 0.15) is 66.2 Å². The molecule has 40 heteroatoms. The van der Waals surface area contributed by atoms with E-state index in [1.807, 2.05) is 222 Å². The lowest BCUT2D eigenvalue weighted by atomic mass is 10.1. The third-order valence-corrected chi connectivity index (χ3v) is 26.4. The third-order valence-electron chi connectivity index (χ3n) is 26.4. The number of anilines is 8. The van der Waals surface area contributed by atoms with Crippen molar-refractivity contribution in [2.45, 2.75) is 104 Å². The molecule has 3 aliphatic heterocycles. The molecule has 808 valence electrons. The zero-order valence-corrected chi connectivity index (χ0v) is 90.5. The standard InChI is InChI=1S/C16H27N4O.C15H21N6O.C15H23N4O.C14H18N5O2.C14H21N4O2.C14H21N4O.C12H19N4O.7CH3/c1-12(2)20(5,13(3)4)10-11-21-16-15(17)14-8-6-7-9-19(14)18-16;16-14-13-4-1-2-7-21(13)18-15(14)17-5-3-6-19-8-9-20(12-19)10-11-22;1-19(9-5-2-6-10-19)11-12-20-15-14(16)13-7-3-4-8-18(13)17-15;15-13-12-3-1-2-4-19(12)16-14(13)21-10-8-18-6-5-17(11-18)7-9-20;1-18(6-9-19-10-7-18)8-11-20-14-13(15)12-4-2-3-5-17(12)16-14;1-18(8-4-5-9-18)10-11-19-14-13(15)12-6-2-3-7-17(12)16-14;1-16(2,3)8-9-17-12-11(13)10-6-4-5-7-15(10)14-12;;;;;;;/h6-9,12-13H,10-11,17H2,1-5H3;1-2,4,7-9,12,22H,3,5-6,10-11,16H2,(H,17,18);3-4,7-8H,2,5-6,9-12,16H2,1H3;1-6,11,20H,7-10,15H2;2-5H,6-11,15H2,1H3;2-3,6-7H,4-5,8-11,15H2,1H3;4-7H,8-9,13H2,1-3H3;7*1H3/q7*+1;7*-1. The van der Waals surface area contributed by atoms with Crippen molar-refractivity contribution >= 4 is 84.2 Å². The van der Waals surface area contributed by atoms with Gasteiger partial charge in [-0.2, -0.15) is 0 Å². The van der Waals surface area contributed by atoms with Crippen LogP contribution in [0, 0.1) is 52.0 Å². The molecule has 3 saturated heterocycles. The molecule has 0 amide bonds. The summed E-state index contributed by atoms with van der Waals surface area (Å²) in [6, 6.07) is 41.7. The fraction of sp³-hybridized carbons (Fsp3) is 0.421. The number of likely N-dealkylation sites (tertiary alicyclic amines) is 2. The number of nitrogen functional groups attached to an aromatic ring is 7. The van der Waals surface area contributed by atoms with Gasteiger partial charge < -0.3 is 163 Å². The molecule has 0 atom stereocenters. The number of ether oxygens (including phenoxy) is 7. The largest absolute Gasteiger partial charge is 0.471 e. The van der Waals surface area contributed by atoms with Crippen molar-refractivity contribution < 1.29 is 74.9 Å². The van der Waals surface area contributed by atoms with Gasteiger partial charge in [0.15, 0.2) is 5.82 Å². The highest BCUT2D eigenvalue weighted by Crippen LogP contribution is 2.32. The van der Waals surface area contributed by atoms with Crippen LogP contribution in [0.25, 0.3) is 38.6 Å². The fourth-order valence-corrected chi connectivity index (χ4v) is 16.9. The number of likely N-dealkylation sites (N-methyl/N-ethyl adjacent to an activating group) is 5. The zero-order valence-electron chi connectivity index (χ0n) is 90.5. The number of imidazole rings is 2. The summed E-state index contributed by atoms with van der Waals surface area (Å²) in [5.41, 5.74) is 52.9. The monoisotopic (exact) mass is 2030 g/mol. The maximum atomic E-state index is 8.89. The van der Waals surface area contributed by atoms with E-state index in [1.54, 1.807) is 31.6 Å². The fourth-order valence-electron chi connectivity index (χ4n) is 16.9. The second-order valence-corrected chi connectivity index (χ2v) is 38.4. The number of nitrogens with two attached hydrogens (primary N) is 7. The van der Waals surface area contributed by atoms with E-state index in [0.29, 0.717) is 146 Å². The quantitative estimate of drug-likeness (QED) is 0.00763. The van der Waals surface area contributed by atoms with Crippen LogP contribution in [-0.2, 0) is 30.9 Å². The molecule has 17 N–H and O–H groups in total. The Bertz CT molecular complexity index is 6400. The van der Waals surface area contributed by atoms with Crippen LogP contribution in [-0.4, -0.2) is 315 Å².